The van der Waals surface area contributed by atoms with E-state index in [2.05, 4.69) is 0 Å². The molecule has 4 heteroatoms. The first-order chi connectivity index (χ1) is 6.11. The maximum atomic E-state index is 11.4. The van der Waals surface area contributed by atoms with Crippen LogP contribution >= 0.6 is 11.8 Å². The van der Waals surface area contributed by atoms with Gasteiger partial charge in [-0.3, -0.25) is 4.79 Å². The van der Waals surface area contributed by atoms with Crippen LogP contribution in [0.4, 0.5) is 0 Å². The summed E-state index contributed by atoms with van der Waals surface area (Å²) in [6.45, 7) is 4.43. The summed E-state index contributed by atoms with van der Waals surface area (Å²) >= 11 is 1.49. The van der Waals surface area contributed by atoms with Crippen LogP contribution in [0.5, 0.6) is 0 Å². The number of carbonyl (C=O) groups is 1. The fourth-order valence-corrected chi connectivity index (χ4v) is 2.33. The minimum atomic E-state index is -0.510. The molecule has 0 aliphatic carbocycles. The molecule has 2 unspecified atom stereocenters. The molecule has 0 amide bonds. The molecule has 0 radical (unpaired) electrons. The predicted molar refractivity (Wildman–Crippen MR) is 52.7 cm³/mol. The van der Waals surface area contributed by atoms with Crippen molar-refractivity contribution < 1.29 is 14.6 Å². The highest BCUT2D eigenvalue weighted by atomic mass is 32.2. The maximum absolute atomic E-state index is 11.4. The van der Waals surface area contributed by atoms with E-state index in [1.165, 1.54) is 11.8 Å². The predicted octanol–water partition coefficient (Wildman–Crippen LogP) is 1.05. The van der Waals surface area contributed by atoms with Gasteiger partial charge in [-0.15, -0.1) is 11.8 Å². The number of rotatable bonds is 3. The third-order valence-corrected chi connectivity index (χ3v) is 3.19. The van der Waals surface area contributed by atoms with Gasteiger partial charge in [0.05, 0.1) is 12.7 Å². The first-order valence-electron chi connectivity index (χ1n) is 4.57. The Kier molecular flexibility index (Phi) is 4.06. The maximum Gasteiger partial charge on any atom is 0.321 e. The average Bonchev–Trinajstić information content (AvgIpc) is 2.47. The first-order valence-corrected chi connectivity index (χ1v) is 5.62. The Morgan fingerprint density at radius 2 is 2.38 bits per heavy atom. The number of aliphatic hydroxyl groups excluding tert-OH is 1. The van der Waals surface area contributed by atoms with Gasteiger partial charge in [0.25, 0.3) is 0 Å². The molecule has 0 aromatic rings. The fourth-order valence-electron chi connectivity index (χ4n) is 1.13. The van der Waals surface area contributed by atoms with Crippen LogP contribution in [0.2, 0.25) is 0 Å². The number of aliphatic hydroxyl groups is 1. The highest BCUT2D eigenvalue weighted by molar-refractivity contribution is 8.00. The third kappa shape index (κ3) is 3.19. The van der Waals surface area contributed by atoms with Crippen LogP contribution in [-0.2, 0) is 9.53 Å². The Balaban J connectivity index is 2.30. The summed E-state index contributed by atoms with van der Waals surface area (Å²) in [6.07, 6.45) is 0.191. The van der Waals surface area contributed by atoms with Gasteiger partial charge in [0, 0.05) is 0 Å². The Labute approximate surface area is 82.8 Å². The molecule has 0 aromatic carbocycles. The van der Waals surface area contributed by atoms with Crippen molar-refractivity contribution in [2.75, 3.05) is 12.4 Å². The van der Waals surface area contributed by atoms with E-state index < -0.39 is 6.10 Å². The molecule has 1 rings (SSSR count). The zero-order valence-corrected chi connectivity index (χ0v) is 8.84. The molecule has 3 nitrogen and oxygen atoms in total. The molecule has 0 saturated carbocycles. The van der Waals surface area contributed by atoms with Crippen LogP contribution in [0.25, 0.3) is 0 Å². The smallest absolute Gasteiger partial charge is 0.321 e. The summed E-state index contributed by atoms with van der Waals surface area (Å²) < 4.78 is 5.04. The van der Waals surface area contributed by atoms with E-state index in [0.717, 1.165) is 5.75 Å². The molecule has 0 spiro atoms. The summed E-state index contributed by atoms with van der Waals surface area (Å²) in [5.41, 5.74) is 0. The molecule has 1 aliphatic heterocycles. The number of hydrogen-bond acceptors (Lipinski definition) is 4. The van der Waals surface area contributed by atoms with E-state index in [-0.39, 0.29) is 11.2 Å². The van der Waals surface area contributed by atoms with Gasteiger partial charge in [0.15, 0.2) is 0 Å². The Hall–Kier alpha value is -0.220. The van der Waals surface area contributed by atoms with Crippen molar-refractivity contribution in [2.24, 2.45) is 5.92 Å². The van der Waals surface area contributed by atoms with Crippen LogP contribution in [-0.4, -0.2) is 34.8 Å². The zero-order chi connectivity index (χ0) is 9.84. The molecule has 1 heterocycles. The van der Waals surface area contributed by atoms with E-state index in [4.69, 9.17) is 4.74 Å². The van der Waals surface area contributed by atoms with Crippen LogP contribution in [0.15, 0.2) is 0 Å². The SMILES string of the molecule is CC(C)COC(=O)C1SCCC1O. The van der Waals surface area contributed by atoms with Crippen molar-refractivity contribution in [2.45, 2.75) is 31.6 Å². The van der Waals surface area contributed by atoms with Gasteiger partial charge in [-0.25, -0.2) is 0 Å². The van der Waals surface area contributed by atoms with Gasteiger partial charge in [0.1, 0.15) is 5.25 Å². The standard InChI is InChI=1S/C9H16O3S/c1-6(2)5-12-9(11)8-7(10)3-4-13-8/h6-8,10H,3-5H2,1-2H3. The van der Waals surface area contributed by atoms with Gasteiger partial charge >= 0.3 is 5.97 Å². The molecule has 0 bridgehead atoms. The van der Waals surface area contributed by atoms with Crippen molar-refractivity contribution in [3.8, 4) is 0 Å². The van der Waals surface area contributed by atoms with E-state index in [0.29, 0.717) is 18.9 Å². The van der Waals surface area contributed by atoms with Crippen molar-refractivity contribution in [3.63, 3.8) is 0 Å². The minimum absolute atomic E-state index is 0.260. The van der Waals surface area contributed by atoms with Gasteiger partial charge in [-0.2, -0.15) is 0 Å². The molecular formula is C9H16O3S. The normalized spacial score (nSPS) is 28.0. The van der Waals surface area contributed by atoms with Crippen LogP contribution in [0.1, 0.15) is 20.3 Å². The van der Waals surface area contributed by atoms with E-state index in [1.54, 1.807) is 0 Å². The monoisotopic (exact) mass is 204 g/mol. The largest absolute Gasteiger partial charge is 0.465 e. The van der Waals surface area contributed by atoms with Crippen molar-refractivity contribution in [3.05, 3.63) is 0 Å². The molecule has 1 saturated heterocycles. The molecule has 76 valence electrons. The fraction of sp³-hybridized carbons (Fsp3) is 0.889. The van der Waals surface area contributed by atoms with E-state index in [1.807, 2.05) is 13.8 Å². The van der Waals surface area contributed by atoms with Crippen LogP contribution < -0.4 is 0 Å². The summed E-state index contributed by atoms with van der Waals surface area (Å²) in [6, 6.07) is 0. The Bertz CT molecular complexity index is 182. The number of esters is 1. The first kappa shape index (κ1) is 10.9. The molecule has 13 heavy (non-hydrogen) atoms. The molecule has 1 N–H and O–H groups in total. The number of ether oxygens (including phenoxy) is 1. The highest BCUT2D eigenvalue weighted by Crippen LogP contribution is 2.27. The second kappa shape index (κ2) is 4.86. The number of carbonyl (C=O) groups excluding carboxylic acids is 1. The lowest BCUT2D eigenvalue weighted by Gasteiger charge is -2.13. The molecule has 1 aliphatic rings. The van der Waals surface area contributed by atoms with Crippen LogP contribution in [0.3, 0.4) is 0 Å². The summed E-state index contributed by atoms with van der Waals surface area (Å²) in [5, 5.41) is 9.05. The summed E-state index contributed by atoms with van der Waals surface area (Å²) in [4.78, 5) is 11.4. The van der Waals surface area contributed by atoms with E-state index >= 15 is 0 Å². The lowest BCUT2D eigenvalue weighted by molar-refractivity contribution is -0.145. The van der Waals surface area contributed by atoms with Gasteiger partial charge in [-0.1, -0.05) is 13.8 Å². The Morgan fingerprint density at radius 1 is 1.69 bits per heavy atom. The summed E-state index contributed by atoms with van der Waals surface area (Å²) in [7, 11) is 0. The quantitative estimate of drug-likeness (QED) is 0.698. The second-order valence-corrected chi connectivity index (χ2v) is 4.92. The lowest BCUT2D eigenvalue weighted by atomic mass is 10.2. The lowest BCUT2D eigenvalue weighted by Crippen LogP contribution is -2.29. The molecule has 0 aromatic heterocycles. The Morgan fingerprint density at radius 3 is 2.85 bits per heavy atom. The second-order valence-electron chi connectivity index (χ2n) is 3.67. The van der Waals surface area contributed by atoms with Crippen molar-refractivity contribution >= 4 is 17.7 Å². The topological polar surface area (TPSA) is 46.5 Å². The van der Waals surface area contributed by atoms with Crippen molar-refractivity contribution in [1.82, 2.24) is 0 Å². The highest BCUT2D eigenvalue weighted by Gasteiger charge is 2.33. The number of hydrogen-bond donors (Lipinski definition) is 1. The minimum Gasteiger partial charge on any atom is -0.465 e. The van der Waals surface area contributed by atoms with Crippen LogP contribution in [0, 0.1) is 5.92 Å². The average molecular weight is 204 g/mol. The van der Waals surface area contributed by atoms with Gasteiger partial charge < -0.3 is 9.84 Å². The van der Waals surface area contributed by atoms with Gasteiger partial charge in [-0.05, 0) is 18.1 Å². The van der Waals surface area contributed by atoms with Gasteiger partial charge in [0.2, 0.25) is 0 Å². The molecule has 2 atom stereocenters. The third-order valence-electron chi connectivity index (χ3n) is 1.85. The zero-order valence-electron chi connectivity index (χ0n) is 8.03. The number of thioether (sulfide) groups is 1. The summed E-state index contributed by atoms with van der Waals surface area (Å²) in [5.74, 6) is 0.944. The molecule has 1 fully saturated rings. The van der Waals surface area contributed by atoms with Crippen molar-refractivity contribution in [1.29, 1.82) is 0 Å². The molecular weight excluding hydrogens is 188 g/mol. The van der Waals surface area contributed by atoms with E-state index in [9.17, 15) is 9.90 Å².